The van der Waals surface area contributed by atoms with E-state index in [4.69, 9.17) is 0 Å². The van der Waals surface area contributed by atoms with Crippen LogP contribution in [0.2, 0.25) is 0 Å². The van der Waals surface area contributed by atoms with Gasteiger partial charge in [-0.15, -0.1) is 0 Å². The quantitative estimate of drug-likeness (QED) is 0.894. The van der Waals surface area contributed by atoms with E-state index in [-0.39, 0.29) is 17.7 Å². The topological polar surface area (TPSA) is 60.9 Å². The number of amides is 2. The molecule has 2 aliphatic heterocycles. The Bertz CT molecular complexity index is 638. The van der Waals surface area contributed by atoms with Crippen LogP contribution >= 0.6 is 0 Å². The molecule has 136 valence electrons. The van der Waals surface area contributed by atoms with Gasteiger partial charge in [0.2, 0.25) is 5.91 Å². The SMILES string of the molecule is Cc1cc(C)cc(C(=O)N2CCCC(C(=O)N3CCCC(O)C3)C2)c1. The molecule has 0 aromatic heterocycles. The Morgan fingerprint density at radius 2 is 1.60 bits per heavy atom. The van der Waals surface area contributed by atoms with Crippen LogP contribution < -0.4 is 0 Å². The van der Waals surface area contributed by atoms with Gasteiger partial charge in [0.25, 0.3) is 5.91 Å². The molecule has 0 saturated carbocycles. The molecule has 0 spiro atoms. The van der Waals surface area contributed by atoms with Gasteiger partial charge in [-0.25, -0.2) is 0 Å². The summed E-state index contributed by atoms with van der Waals surface area (Å²) in [6.45, 7) is 6.33. The average molecular weight is 344 g/mol. The van der Waals surface area contributed by atoms with Crippen LogP contribution in [-0.2, 0) is 4.79 Å². The number of β-amino-alcohol motifs (C(OH)–C–C–N with tert-alkyl or cyclic N) is 1. The van der Waals surface area contributed by atoms with Gasteiger partial charge in [0.05, 0.1) is 12.0 Å². The number of likely N-dealkylation sites (tertiary alicyclic amines) is 2. The predicted octanol–water partition coefficient (Wildman–Crippen LogP) is 2.14. The number of aryl methyl sites for hydroxylation is 2. The van der Waals surface area contributed by atoms with Crippen LogP contribution in [0.25, 0.3) is 0 Å². The van der Waals surface area contributed by atoms with Crippen LogP contribution in [0.4, 0.5) is 0 Å². The van der Waals surface area contributed by atoms with Gasteiger partial charge in [-0.3, -0.25) is 9.59 Å². The third kappa shape index (κ3) is 4.21. The minimum Gasteiger partial charge on any atom is -0.391 e. The summed E-state index contributed by atoms with van der Waals surface area (Å²) in [6.07, 6.45) is 2.89. The first-order valence-corrected chi connectivity index (χ1v) is 9.28. The number of benzene rings is 1. The Labute approximate surface area is 149 Å². The zero-order valence-corrected chi connectivity index (χ0v) is 15.2. The lowest BCUT2D eigenvalue weighted by Crippen LogP contribution is -2.50. The summed E-state index contributed by atoms with van der Waals surface area (Å²) in [7, 11) is 0. The number of aliphatic hydroxyl groups excluding tert-OH is 1. The molecule has 2 heterocycles. The van der Waals surface area contributed by atoms with Crippen molar-refractivity contribution >= 4 is 11.8 Å². The Morgan fingerprint density at radius 3 is 2.28 bits per heavy atom. The molecular formula is C20H28N2O3. The fourth-order valence-electron chi connectivity index (χ4n) is 4.06. The normalized spacial score (nSPS) is 24.3. The fourth-order valence-corrected chi connectivity index (χ4v) is 4.06. The first-order chi connectivity index (χ1) is 11.9. The van der Waals surface area contributed by atoms with Crippen molar-refractivity contribution in [2.75, 3.05) is 26.2 Å². The van der Waals surface area contributed by atoms with Crippen LogP contribution in [0.1, 0.15) is 47.2 Å². The zero-order valence-electron chi connectivity index (χ0n) is 15.2. The van der Waals surface area contributed by atoms with Gasteiger partial charge >= 0.3 is 0 Å². The molecule has 0 aliphatic carbocycles. The summed E-state index contributed by atoms with van der Waals surface area (Å²) < 4.78 is 0. The van der Waals surface area contributed by atoms with Crippen molar-refractivity contribution in [2.24, 2.45) is 5.92 Å². The molecule has 1 aromatic rings. The fraction of sp³-hybridized carbons (Fsp3) is 0.600. The van der Waals surface area contributed by atoms with E-state index in [1.807, 2.05) is 30.9 Å². The number of carbonyl (C=O) groups is 2. The van der Waals surface area contributed by atoms with E-state index in [2.05, 4.69) is 6.07 Å². The summed E-state index contributed by atoms with van der Waals surface area (Å²) in [5.74, 6) is -0.0337. The second-order valence-corrected chi connectivity index (χ2v) is 7.55. The van der Waals surface area contributed by atoms with Crippen molar-refractivity contribution in [3.8, 4) is 0 Å². The Balaban J connectivity index is 1.68. The number of carbonyl (C=O) groups excluding carboxylic acids is 2. The van der Waals surface area contributed by atoms with Crippen LogP contribution in [-0.4, -0.2) is 59.0 Å². The van der Waals surface area contributed by atoms with Gasteiger partial charge in [0.1, 0.15) is 0 Å². The highest BCUT2D eigenvalue weighted by atomic mass is 16.3. The van der Waals surface area contributed by atoms with E-state index >= 15 is 0 Å². The maximum Gasteiger partial charge on any atom is 0.253 e. The molecule has 2 aliphatic rings. The van der Waals surface area contributed by atoms with Gasteiger partial charge in [0, 0.05) is 31.7 Å². The Kier molecular flexibility index (Phi) is 5.42. The summed E-state index contributed by atoms with van der Waals surface area (Å²) in [5.41, 5.74) is 2.87. The summed E-state index contributed by atoms with van der Waals surface area (Å²) >= 11 is 0. The lowest BCUT2D eigenvalue weighted by atomic mass is 9.94. The third-order valence-electron chi connectivity index (χ3n) is 5.23. The van der Waals surface area contributed by atoms with Gasteiger partial charge in [-0.05, 0) is 51.7 Å². The van der Waals surface area contributed by atoms with E-state index < -0.39 is 6.10 Å². The molecule has 2 fully saturated rings. The van der Waals surface area contributed by atoms with Crippen LogP contribution in [0.5, 0.6) is 0 Å². The van der Waals surface area contributed by atoms with Crippen molar-refractivity contribution in [3.63, 3.8) is 0 Å². The number of rotatable bonds is 2. The molecule has 2 atom stereocenters. The van der Waals surface area contributed by atoms with Crippen LogP contribution in [0.15, 0.2) is 18.2 Å². The summed E-state index contributed by atoms with van der Waals surface area (Å²) in [5, 5.41) is 9.81. The van der Waals surface area contributed by atoms with Crippen LogP contribution in [0.3, 0.4) is 0 Å². The van der Waals surface area contributed by atoms with Crippen molar-refractivity contribution in [3.05, 3.63) is 34.9 Å². The van der Waals surface area contributed by atoms with E-state index in [0.717, 1.165) is 43.4 Å². The number of hydrogen-bond donors (Lipinski definition) is 1. The van der Waals surface area contributed by atoms with E-state index in [9.17, 15) is 14.7 Å². The molecule has 1 aromatic carbocycles. The monoisotopic (exact) mass is 344 g/mol. The number of piperidine rings is 2. The maximum atomic E-state index is 12.9. The number of hydrogen-bond acceptors (Lipinski definition) is 3. The van der Waals surface area contributed by atoms with Crippen molar-refractivity contribution in [1.29, 1.82) is 0 Å². The lowest BCUT2D eigenvalue weighted by Gasteiger charge is -2.37. The number of nitrogens with zero attached hydrogens (tertiary/aromatic N) is 2. The van der Waals surface area contributed by atoms with E-state index in [0.29, 0.717) is 25.2 Å². The van der Waals surface area contributed by atoms with Crippen molar-refractivity contribution < 1.29 is 14.7 Å². The molecule has 1 N–H and O–H groups in total. The van der Waals surface area contributed by atoms with Gasteiger partial charge in [0.15, 0.2) is 0 Å². The first kappa shape index (κ1) is 17.9. The Hall–Kier alpha value is -1.88. The van der Waals surface area contributed by atoms with E-state index in [1.54, 1.807) is 4.90 Å². The summed E-state index contributed by atoms with van der Waals surface area (Å²) in [6, 6.07) is 5.89. The Morgan fingerprint density at radius 1 is 0.960 bits per heavy atom. The molecule has 2 saturated heterocycles. The third-order valence-corrected chi connectivity index (χ3v) is 5.23. The van der Waals surface area contributed by atoms with Crippen molar-refractivity contribution in [2.45, 2.75) is 45.6 Å². The molecule has 0 bridgehead atoms. The highest BCUT2D eigenvalue weighted by Crippen LogP contribution is 2.23. The zero-order chi connectivity index (χ0) is 18.0. The van der Waals surface area contributed by atoms with Crippen LogP contribution in [0, 0.1) is 19.8 Å². The lowest BCUT2D eigenvalue weighted by molar-refractivity contribution is -0.140. The predicted molar refractivity (Wildman–Crippen MR) is 96.4 cm³/mol. The number of aliphatic hydroxyl groups is 1. The molecule has 2 amide bonds. The van der Waals surface area contributed by atoms with Gasteiger partial charge in [-0.2, -0.15) is 0 Å². The second kappa shape index (κ2) is 7.56. The smallest absolute Gasteiger partial charge is 0.253 e. The molecule has 25 heavy (non-hydrogen) atoms. The first-order valence-electron chi connectivity index (χ1n) is 9.28. The molecule has 5 nitrogen and oxygen atoms in total. The highest BCUT2D eigenvalue weighted by molar-refractivity contribution is 5.95. The minimum atomic E-state index is -0.408. The standard InChI is InChI=1S/C20H28N2O3/c1-14-9-15(2)11-17(10-14)20(25)21-7-3-5-16(12-21)19(24)22-8-4-6-18(23)13-22/h9-11,16,18,23H,3-8,12-13H2,1-2H3. The molecular weight excluding hydrogens is 316 g/mol. The molecule has 2 unspecified atom stereocenters. The molecule has 5 heteroatoms. The minimum absolute atomic E-state index is 0.0166. The molecule has 3 rings (SSSR count). The molecule has 0 radical (unpaired) electrons. The highest BCUT2D eigenvalue weighted by Gasteiger charge is 2.33. The van der Waals surface area contributed by atoms with Crippen molar-refractivity contribution in [1.82, 2.24) is 9.80 Å². The summed E-state index contributed by atoms with van der Waals surface area (Å²) in [4.78, 5) is 29.3. The second-order valence-electron chi connectivity index (χ2n) is 7.55. The van der Waals surface area contributed by atoms with Gasteiger partial charge < -0.3 is 14.9 Å². The average Bonchev–Trinajstić information content (AvgIpc) is 2.59. The van der Waals surface area contributed by atoms with Gasteiger partial charge in [-0.1, -0.05) is 17.2 Å². The maximum absolute atomic E-state index is 12.9. The largest absolute Gasteiger partial charge is 0.391 e. The van der Waals surface area contributed by atoms with E-state index in [1.165, 1.54) is 0 Å².